The zero-order chi connectivity index (χ0) is 22.6. The minimum atomic E-state index is -4.59. The Bertz CT molecular complexity index is 1060. The van der Waals surface area contributed by atoms with E-state index < -0.39 is 29.3 Å². The molecule has 1 aromatic heterocycles. The Morgan fingerprint density at radius 2 is 1.90 bits per heavy atom. The van der Waals surface area contributed by atoms with Crippen LogP contribution in [0, 0.1) is 0 Å². The van der Waals surface area contributed by atoms with E-state index in [1.165, 1.54) is 30.6 Å². The Morgan fingerprint density at radius 1 is 1.23 bits per heavy atom. The molecule has 11 heteroatoms. The van der Waals surface area contributed by atoms with E-state index in [0.717, 1.165) is 11.8 Å². The average Bonchev–Trinajstić information content (AvgIpc) is 3.17. The highest BCUT2D eigenvalue weighted by molar-refractivity contribution is 6.23. The topological polar surface area (TPSA) is 93.7 Å². The van der Waals surface area contributed by atoms with Gasteiger partial charge in [0.2, 0.25) is 0 Å². The molecule has 2 aromatic rings. The third-order valence-electron chi connectivity index (χ3n) is 5.70. The molecule has 3 amide bonds. The zero-order valence-corrected chi connectivity index (χ0v) is 16.9. The molecule has 8 nitrogen and oxygen atoms in total. The summed E-state index contributed by atoms with van der Waals surface area (Å²) in [6.07, 6.45) is -1.71. The summed E-state index contributed by atoms with van der Waals surface area (Å²) in [6.45, 7) is 4.22. The Balaban J connectivity index is 1.56. The largest absolute Gasteiger partial charge is 0.424 e. The minimum absolute atomic E-state index is 0.0349. The maximum atomic E-state index is 13.5. The van der Waals surface area contributed by atoms with E-state index in [1.54, 1.807) is 13.8 Å². The van der Waals surface area contributed by atoms with Crippen LogP contribution in [0.3, 0.4) is 0 Å². The minimum Gasteiger partial charge on any atom is -0.424 e. The number of carbonyl (C=O) groups is 2. The second-order valence-corrected chi connectivity index (χ2v) is 7.72. The first-order valence-corrected chi connectivity index (χ1v) is 9.49. The summed E-state index contributed by atoms with van der Waals surface area (Å²) >= 11 is 0. The van der Waals surface area contributed by atoms with Crippen LogP contribution in [0.2, 0.25) is 0 Å². The first kappa shape index (κ1) is 21.0. The third kappa shape index (κ3) is 3.29. The van der Waals surface area contributed by atoms with Crippen molar-refractivity contribution < 1.29 is 32.2 Å². The number of amides is 3. The molecule has 3 heterocycles. The molecule has 1 N–H and O–H groups in total. The zero-order valence-electron chi connectivity index (χ0n) is 16.9. The summed E-state index contributed by atoms with van der Waals surface area (Å²) in [7, 11) is 0. The van der Waals surface area contributed by atoms with Crippen LogP contribution in [-0.4, -0.2) is 33.6 Å². The maximum absolute atomic E-state index is 13.5. The number of benzene rings is 1. The van der Waals surface area contributed by atoms with E-state index in [9.17, 15) is 22.8 Å². The molecule has 0 bridgehead atoms. The van der Waals surface area contributed by atoms with Crippen LogP contribution in [0.1, 0.15) is 38.3 Å². The molecule has 164 valence electrons. The van der Waals surface area contributed by atoms with E-state index in [0.29, 0.717) is 12.0 Å². The summed E-state index contributed by atoms with van der Waals surface area (Å²) in [5.41, 5.74) is -2.90. The molecule has 0 saturated carbocycles. The van der Waals surface area contributed by atoms with Gasteiger partial charge >= 0.3 is 18.2 Å². The van der Waals surface area contributed by atoms with E-state index in [2.05, 4.69) is 15.3 Å². The van der Waals surface area contributed by atoms with Gasteiger partial charge in [-0.3, -0.25) is 4.79 Å². The molecule has 0 aliphatic carbocycles. The molecule has 2 aliphatic rings. The number of nitrogens with one attached hydrogen (secondary N) is 1. The summed E-state index contributed by atoms with van der Waals surface area (Å²) in [5, 5.41) is 2.62. The molecule has 2 aliphatic heterocycles. The van der Waals surface area contributed by atoms with Crippen molar-refractivity contribution in [3.63, 3.8) is 0 Å². The van der Waals surface area contributed by atoms with Gasteiger partial charge in [0, 0.05) is 5.56 Å². The number of hydrogen-bond donors (Lipinski definition) is 1. The van der Waals surface area contributed by atoms with Crippen LogP contribution < -0.4 is 15.0 Å². The SMILES string of the molecule is CC[C@@]1(C)NC(=O)N(c2cnc(Oc3ccc4c(c3)C(C)(C(F)(F)F)OC4)nc2)C1=O. The summed E-state index contributed by atoms with van der Waals surface area (Å²) < 4.78 is 50.9. The van der Waals surface area contributed by atoms with Crippen molar-refractivity contribution in [3.8, 4) is 11.8 Å². The normalized spacial score (nSPS) is 25.5. The van der Waals surface area contributed by atoms with Crippen molar-refractivity contribution in [1.82, 2.24) is 15.3 Å². The molecular formula is C20H19F3N4O4. The number of urea groups is 1. The third-order valence-corrected chi connectivity index (χ3v) is 5.70. The fourth-order valence-electron chi connectivity index (χ4n) is 3.46. The van der Waals surface area contributed by atoms with Crippen LogP contribution in [0.4, 0.5) is 23.7 Å². The molecule has 0 spiro atoms. The smallest absolute Gasteiger partial charge is 0.421 e. The fraction of sp³-hybridized carbons (Fsp3) is 0.400. The molecule has 1 fully saturated rings. The van der Waals surface area contributed by atoms with Gasteiger partial charge in [-0.25, -0.2) is 19.7 Å². The Morgan fingerprint density at radius 3 is 2.48 bits per heavy atom. The number of rotatable bonds is 4. The number of alkyl halides is 3. The first-order valence-electron chi connectivity index (χ1n) is 9.49. The quantitative estimate of drug-likeness (QED) is 0.733. The summed E-state index contributed by atoms with van der Waals surface area (Å²) in [6, 6.07) is 3.50. The maximum Gasteiger partial charge on any atom is 0.421 e. The van der Waals surface area contributed by atoms with Crippen molar-refractivity contribution >= 4 is 17.6 Å². The monoisotopic (exact) mass is 436 g/mol. The van der Waals surface area contributed by atoms with Crippen molar-refractivity contribution in [2.24, 2.45) is 0 Å². The second-order valence-electron chi connectivity index (χ2n) is 7.72. The molecule has 31 heavy (non-hydrogen) atoms. The number of carbonyl (C=O) groups excluding carboxylic acids is 2. The van der Waals surface area contributed by atoms with Crippen molar-refractivity contribution in [2.45, 2.75) is 51.1 Å². The molecule has 4 rings (SSSR count). The van der Waals surface area contributed by atoms with Gasteiger partial charge in [-0.1, -0.05) is 13.0 Å². The van der Waals surface area contributed by atoms with E-state index >= 15 is 0 Å². The lowest BCUT2D eigenvalue weighted by molar-refractivity contribution is -0.272. The summed E-state index contributed by atoms with van der Waals surface area (Å²) in [5.74, 6) is -0.330. The van der Waals surface area contributed by atoms with Crippen molar-refractivity contribution in [2.75, 3.05) is 4.90 Å². The number of aromatic nitrogens is 2. The Kier molecular flexibility index (Phi) is 4.69. The molecule has 1 saturated heterocycles. The average molecular weight is 436 g/mol. The predicted molar refractivity (Wildman–Crippen MR) is 101 cm³/mol. The van der Waals surface area contributed by atoms with E-state index in [1.807, 2.05) is 0 Å². The van der Waals surface area contributed by atoms with Gasteiger partial charge in [0.1, 0.15) is 11.3 Å². The number of fused-ring (bicyclic) bond motifs is 1. The highest BCUT2D eigenvalue weighted by Gasteiger charge is 2.57. The Hall–Kier alpha value is -3.21. The number of imide groups is 1. The van der Waals surface area contributed by atoms with Crippen LogP contribution in [0.25, 0.3) is 0 Å². The van der Waals surface area contributed by atoms with E-state index in [4.69, 9.17) is 9.47 Å². The lowest BCUT2D eigenvalue weighted by Gasteiger charge is -2.27. The number of ether oxygens (including phenoxy) is 2. The van der Waals surface area contributed by atoms with Crippen LogP contribution >= 0.6 is 0 Å². The molecule has 0 radical (unpaired) electrons. The van der Waals surface area contributed by atoms with Crippen LogP contribution in [-0.2, 0) is 21.7 Å². The highest BCUT2D eigenvalue weighted by Crippen LogP contribution is 2.48. The molecule has 1 unspecified atom stereocenters. The molecular weight excluding hydrogens is 417 g/mol. The second kappa shape index (κ2) is 6.91. The van der Waals surface area contributed by atoms with Crippen molar-refractivity contribution in [3.05, 3.63) is 41.7 Å². The van der Waals surface area contributed by atoms with Crippen molar-refractivity contribution in [1.29, 1.82) is 0 Å². The van der Waals surface area contributed by atoms with Gasteiger partial charge in [-0.2, -0.15) is 13.2 Å². The van der Waals surface area contributed by atoms with Gasteiger partial charge in [-0.05, 0) is 38.0 Å². The first-order chi connectivity index (χ1) is 14.5. The van der Waals surface area contributed by atoms with Gasteiger partial charge < -0.3 is 14.8 Å². The molecule has 1 aromatic carbocycles. The van der Waals surface area contributed by atoms with Gasteiger partial charge in [0.15, 0.2) is 5.60 Å². The fourth-order valence-corrected chi connectivity index (χ4v) is 3.46. The lowest BCUT2D eigenvalue weighted by atomic mass is 9.93. The Labute approximate surface area is 175 Å². The van der Waals surface area contributed by atoms with E-state index in [-0.39, 0.29) is 29.6 Å². The summed E-state index contributed by atoms with van der Waals surface area (Å²) in [4.78, 5) is 33.6. The van der Waals surface area contributed by atoms with Crippen LogP contribution in [0.5, 0.6) is 11.8 Å². The predicted octanol–water partition coefficient (Wildman–Crippen LogP) is 3.80. The number of hydrogen-bond acceptors (Lipinski definition) is 6. The number of nitrogens with zero attached hydrogens (tertiary/aromatic N) is 3. The van der Waals surface area contributed by atoms with Gasteiger partial charge in [0.05, 0.1) is 24.7 Å². The lowest BCUT2D eigenvalue weighted by Crippen LogP contribution is -2.43. The van der Waals surface area contributed by atoms with Gasteiger partial charge in [0.25, 0.3) is 5.91 Å². The number of anilines is 1. The standard InChI is InChI=1S/C20H19F3N4O4/c1-4-18(2)15(28)27(17(29)26-18)12-8-24-16(25-9-12)31-13-6-5-11-10-30-19(3,14(11)7-13)20(21,22)23/h5-9H,4,10H2,1-3H3,(H,26,29)/t18-,19?/m1/s1. The highest BCUT2D eigenvalue weighted by atomic mass is 19.4. The van der Waals surface area contributed by atoms with Crippen LogP contribution in [0.15, 0.2) is 30.6 Å². The van der Waals surface area contributed by atoms with Gasteiger partial charge in [-0.15, -0.1) is 0 Å². The molecule has 2 atom stereocenters. The number of halogens is 3.